The predicted molar refractivity (Wildman–Crippen MR) is 177 cm³/mol. The Morgan fingerprint density at radius 1 is 1.00 bits per heavy atom. The third kappa shape index (κ3) is 11.1. The van der Waals surface area contributed by atoms with Crippen LogP contribution in [-0.4, -0.2) is 149 Å². The van der Waals surface area contributed by atoms with Crippen molar-refractivity contribution in [2.75, 3.05) is 21.2 Å². The number of carbonyl (C=O) groups is 2. The van der Waals surface area contributed by atoms with E-state index in [1.807, 2.05) is 13.0 Å². The molecule has 5 N–H and O–H groups in total. The second kappa shape index (κ2) is 18.6. The number of rotatable bonds is 8. The average Bonchev–Trinajstić information content (AvgIpc) is 3.00. The van der Waals surface area contributed by atoms with Crippen LogP contribution < -0.4 is 0 Å². The molecule has 14 nitrogen and oxygen atoms in total. The Bertz CT molecular complexity index is 1100. The molecule has 3 aliphatic heterocycles. The van der Waals surface area contributed by atoms with E-state index < -0.39 is 104 Å². The molecule has 2 saturated heterocycles. The highest BCUT2D eigenvalue weighted by atomic mass is 16.7. The second-order valence-electron chi connectivity index (χ2n) is 14.3. The molecule has 0 bridgehead atoms. The van der Waals surface area contributed by atoms with E-state index in [4.69, 9.17) is 28.4 Å². The van der Waals surface area contributed by atoms with E-state index in [0.717, 1.165) is 6.29 Å². The van der Waals surface area contributed by atoms with Crippen molar-refractivity contribution in [3.05, 3.63) is 24.3 Å². The average molecular weight is 702 g/mol. The van der Waals surface area contributed by atoms with E-state index in [1.54, 1.807) is 58.0 Å². The molecule has 14 heteroatoms. The number of nitrogens with zero attached hydrogens (tertiary/aromatic N) is 1. The number of methoxy groups -OCH3 is 1. The second-order valence-corrected chi connectivity index (χ2v) is 14.3. The Morgan fingerprint density at radius 2 is 1.69 bits per heavy atom. The maximum absolute atomic E-state index is 12.8. The number of esters is 1. The first-order valence-corrected chi connectivity index (χ1v) is 17.2. The van der Waals surface area contributed by atoms with Gasteiger partial charge < -0.3 is 63.6 Å². The standard InChI is InChI=1S/C35H59NO13/c1-19-16-23(14-15-37)31(32(44-8)25(39)17-26(40)45-20(2)12-10-9-11-13-24(19)38)49-34-29(41)28(36(6)7)30(21(3)47-34)48-27-18-35(5,43)33(42)22(4)46-27/h9-11,13,15,19-25,27-34,38-39,41-43H,12,14,16-18H2,1-8H3/b10-9-,13-11-. The van der Waals surface area contributed by atoms with Crippen molar-refractivity contribution < 1.29 is 63.5 Å². The lowest BCUT2D eigenvalue weighted by molar-refractivity contribution is -0.344. The van der Waals surface area contributed by atoms with Gasteiger partial charge in [0.2, 0.25) is 0 Å². The molecule has 2 fully saturated rings. The highest BCUT2D eigenvalue weighted by Crippen LogP contribution is 2.36. The Morgan fingerprint density at radius 3 is 2.31 bits per heavy atom. The molecule has 282 valence electrons. The fourth-order valence-corrected chi connectivity index (χ4v) is 7.04. The minimum atomic E-state index is -1.46. The quantitative estimate of drug-likeness (QED) is 0.177. The van der Waals surface area contributed by atoms with Gasteiger partial charge in [0.1, 0.15) is 36.8 Å². The molecule has 0 aliphatic carbocycles. The molecule has 0 amide bonds. The van der Waals surface area contributed by atoms with Crippen LogP contribution in [0.1, 0.15) is 66.7 Å². The first-order chi connectivity index (χ1) is 23.0. The molecule has 0 aromatic heterocycles. The molecule has 16 unspecified atom stereocenters. The van der Waals surface area contributed by atoms with Gasteiger partial charge in [-0.25, -0.2) is 0 Å². The van der Waals surface area contributed by atoms with Gasteiger partial charge in [-0.05, 0) is 60.0 Å². The van der Waals surface area contributed by atoms with Crippen LogP contribution in [0, 0.1) is 11.8 Å². The van der Waals surface area contributed by atoms with Crippen LogP contribution in [0.3, 0.4) is 0 Å². The van der Waals surface area contributed by atoms with Crippen molar-refractivity contribution in [2.45, 2.75) is 152 Å². The first-order valence-electron chi connectivity index (χ1n) is 17.2. The number of carbonyl (C=O) groups excluding carboxylic acids is 2. The van der Waals surface area contributed by atoms with E-state index >= 15 is 0 Å². The van der Waals surface area contributed by atoms with E-state index in [-0.39, 0.29) is 25.2 Å². The minimum absolute atomic E-state index is 0.0164. The molecular weight excluding hydrogens is 642 g/mol. The van der Waals surface area contributed by atoms with Crippen LogP contribution in [0.4, 0.5) is 0 Å². The van der Waals surface area contributed by atoms with Crippen LogP contribution in [-0.2, 0) is 38.0 Å². The molecule has 0 spiro atoms. The number of ether oxygens (including phenoxy) is 6. The van der Waals surface area contributed by atoms with E-state index in [0.29, 0.717) is 6.42 Å². The van der Waals surface area contributed by atoms with Crippen LogP contribution >= 0.6 is 0 Å². The maximum Gasteiger partial charge on any atom is 0.308 e. The largest absolute Gasteiger partial charge is 0.462 e. The SMILES string of the molecule is COC1C(O)CC(=O)OC(C)C/C=C\C=C/C(O)C(C)CC(CC=O)C1OC1OC(C)C(OC2CC(C)(O)C(O)C(C)O2)C(N(C)C)C1O. The lowest BCUT2D eigenvalue weighted by atomic mass is 9.82. The number of allylic oxidation sites excluding steroid dienone is 2. The van der Waals surface area contributed by atoms with E-state index in [2.05, 4.69) is 0 Å². The molecule has 0 radical (unpaired) electrons. The molecule has 3 heterocycles. The minimum Gasteiger partial charge on any atom is -0.462 e. The zero-order valence-electron chi connectivity index (χ0n) is 30.0. The molecule has 3 rings (SSSR count). The van der Waals surface area contributed by atoms with Crippen molar-refractivity contribution in [1.82, 2.24) is 4.90 Å². The summed E-state index contributed by atoms with van der Waals surface area (Å²) in [4.78, 5) is 26.6. The van der Waals surface area contributed by atoms with Crippen molar-refractivity contribution in [3.63, 3.8) is 0 Å². The zero-order valence-corrected chi connectivity index (χ0v) is 30.0. The van der Waals surface area contributed by atoms with Crippen LogP contribution in [0.2, 0.25) is 0 Å². The Hall–Kier alpha value is -1.82. The summed E-state index contributed by atoms with van der Waals surface area (Å²) < 4.78 is 36.1. The molecule has 16 atom stereocenters. The number of hydrogen-bond donors (Lipinski definition) is 5. The van der Waals surface area contributed by atoms with Gasteiger partial charge in [0.25, 0.3) is 0 Å². The van der Waals surface area contributed by atoms with Gasteiger partial charge in [-0.2, -0.15) is 0 Å². The number of aliphatic hydroxyl groups is 5. The number of aldehydes is 1. The van der Waals surface area contributed by atoms with Gasteiger partial charge in [0, 0.05) is 26.4 Å². The highest BCUT2D eigenvalue weighted by Gasteiger charge is 2.51. The van der Waals surface area contributed by atoms with Gasteiger partial charge in [0.05, 0.1) is 48.6 Å². The summed E-state index contributed by atoms with van der Waals surface area (Å²) in [5, 5.41) is 55.2. The summed E-state index contributed by atoms with van der Waals surface area (Å²) in [6.45, 7) is 8.44. The topological polar surface area (TPSA) is 194 Å². The maximum atomic E-state index is 12.8. The zero-order chi connectivity index (χ0) is 36.6. The molecule has 3 aliphatic rings. The van der Waals surface area contributed by atoms with Crippen molar-refractivity contribution in [3.8, 4) is 0 Å². The van der Waals surface area contributed by atoms with Crippen molar-refractivity contribution >= 4 is 12.3 Å². The van der Waals surface area contributed by atoms with Gasteiger partial charge in [-0.15, -0.1) is 0 Å². The summed E-state index contributed by atoms with van der Waals surface area (Å²) in [6, 6.07) is -0.721. The highest BCUT2D eigenvalue weighted by molar-refractivity contribution is 5.70. The molecule has 0 saturated carbocycles. The van der Waals surface area contributed by atoms with E-state index in [9.17, 15) is 35.1 Å². The lowest BCUT2D eigenvalue weighted by Gasteiger charge is -2.50. The summed E-state index contributed by atoms with van der Waals surface area (Å²) in [7, 11) is 4.86. The lowest BCUT2D eigenvalue weighted by Crippen LogP contribution is -2.65. The summed E-state index contributed by atoms with van der Waals surface area (Å²) in [6.07, 6.45) is -4.00. The Labute approximate surface area is 289 Å². The van der Waals surface area contributed by atoms with Crippen LogP contribution in [0.5, 0.6) is 0 Å². The molecular formula is C35H59NO13. The monoisotopic (exact) mass is 701 g/mol. The van der Waals surface area contributed by atoms with Crippen LogP contribution in [0.25, 0.3) is 0 Å². The van der Waals surface area contributed by atoms with Gasteiger partial charge in [-0.3, -0.25) is 4.79 Å². The Kier molecular flexibility index (Phi) is 15.8. The number of aliphatic hydroxyl groups excluding tert-OH is 4. The third-order valence-corrected chi connectivity index (χ3v) is 9.83. The normalized spacial score (nSPS) is 46.2. The number of likely N-dealkylation sites (N-methyl/N-ethyl adjacent to an activating group) is 1. The van der Waals surface area contributed by atoms with Gasteiger partial charge >= 0.3 is 5.97 Å². The fraction of sp³-hybridized carbons (Fsp3) is 0.829. The molecule has 49 heavy (non-hydrogen) atoms. The molecule has 0 aromatic rings. The van der Waals surface area contributed by atoms with Crippen molar-refractivity contribution in [2.24, 2.45) is 11.8 Å². The summed E-state index contributed by atoms with van der Waals surface area (Å²) in [5.41, 5.74) is -1.46. The predicted octanol–water partition coefficient (Wildman–Crippen LogP) is 0.846. The molecule has 0 aromatic carbocycles. The smallest absolute Gasteiger partial charge is 0.308 e. The summed E-state index contributed by atoms with van der Waals surface area (Å²) >= 11 is 0. The fourth-order valence-electron chi connectivity index (χ4n) is 7.04. The number of cyclic esters (lactones) is 1. The van der Waals surface area contributed by atoms with Gasteiger partial charge in [0.15, 0.2) is 12.6 Å². The van der Waals surface area contributed by atoms with Gasteiger partial charge in [-0.1, -0.05) is 31.2 Å². The van der Waals surface area contributed by atoms with Crippen molar-refractivity contribution in [1.29, 1.82) is 0 Å². The first kappa shape index (κ1) is 41.6. The van der Waals surface area contributed by atoms with Crippen LogP contribution in [0.15, 0.2) is 24.3 Å². The summed E-state index contributed by atoms with van der Waals surface area (Å²) in [5.74, 6) is -1.64. The Balaban J connectivity index is 1.94. The third-order valence-electron chi connectivity index (χ3n) is 9.83. The van der Waals surface area contributed by atoms with E-state index in [1.165, 1.54) is 14.0 Å². The number of hydrogen-bond acceptors (Lipinski definition) is 14.